The first-order valence-electron chi connectivity index (χ1n) is 5.66. The molecule has 0 amide bonds. The van der Waals surface area contributed by atoms with Crippen molar-refractivity contribution in [1.82, 2.24) is 10.3 Å². The second-order valence-electron chi connectivity index (χ2n) is 3.80. The minimum Gasteiger partial charge on any atom is -0.445 e. The van der Waals surface area contributed by atoms with E-state index in [9.17, 15) is 0 Å². The SMILES string of the molecule is CCNCc1ncoc1C1CCCCO1. The Morgan fingerprint density at radius 1 is 1.53 bits per heavy atom. The van der Waals surface area contributed by atoms with Gasteiger partial charge in [-0.25, -0.2) is 4.98 Å². The van der Waals surface area contributed by atoms with Crippen LogP contribution in [0.2, 0.25) is 0 Å². The summed E-state index contributed by atoms with van der Waals surface area (Å²) in [6.45, 7) is 4.63. The lowest BCUT2D eigenvalue weighted by Gasteiger charge is -2.21. The summed E-state index contributed by atoms with van der Waals surface area (Å²) in [5, 5.41) is 3.25. The van der Waals surface area contributed by atoms with Crippen molar-refractivity contribution in [3.8, 4) is 0 Å². The fraction of sp³-hybridized carbons (Fsp3) is 0.727. The van der Waals surface area contributed by atoms with Crippen LogP contribution in [0.4, 0.5) is 0 Å². The molecule has 0 spiro atoms. The third-order valence-electron chi connectivity index (χ3n) is 2.69. The molecule has 1 aliphatic rings. The lowest BCUT2D eigenvalue weighted by atomic mass is 10.1. The summed E-state index contributed by atoms with van der Waals surface area (Å²) in [6.07, 6.45) is 5.06. The fourth-order valence-corrected chi connectivity index (χ4v) is 1.86. The van der Waals surface area contributed by atoms with E-state index in [0.29, 0.717) is 0 Å². The van der Waals surface area contributed by atoms with Gasteiger partial charge in [0.05, 0.1) is 5.69 Å². The van der Waals surface area contributed by atoms with Crippen LogP contribution < -0.4 is 5.32 Å². The number of aromatic nitrogens is 1. The summed E-state index contributed by atoms with van der Waals surface area (Å²) in [4.78, 5) is 4.22. The molecule has 1 unspecified atom stereocenters. The van der Waals surface area contributed by atoms with Gasteiger partial charge < -0.3 is 14.5 Å². The van der Waals surface area contributed by atoms with Crippen molar-refractivity contribution in [2.75, 3.05) is 13.2 Å². The molecule has 84 valence electrons. The highest BCUT2D eigenvalue weighted by Gasteiger charge is 2.22. The highest BCUT2D eigenvalue weighted by atomic mass is 16.5. The van der Waals surface area contributed by atoms with E-state index < -0.39 is 0 Å². The summed E-state index contributed by atoms with van der Waals surface area (Å²) in [5.41, 5.74) is 0.990. The molecule has 4 nitrogen and oxygen atoms in total. The summed E-state index contributed by atoms with van der Waals surface area (Å²) < 4.78 is 11.1. The molecule has 2 rings (SSSR count). The third kappa shape index (κ3) is 2.58. The Morgan fingerprint density at radius 2 is 2.47 bits per heavy atom. The summed E-state index contributed by atoms with van der Waals surface area (Å²) in [7, 11) is 0. The molecule has 0 aliphatic carbocycles. The summed E-state index contributed by atoms with van der Waals surface area (Å²) in [6, 6.07) is 0. The van der Waals surface area contributed by atoms with Crippen LogP contribution in [-0.4, -0.2) is 18.1 Å². The van der Waals surface area contributed by atoms with Gasteiger partial charge in [-0.15, -0.1) is 0 Å². The normalized spacial score (nSPS) is 21.8. The van der Waals surface area contributed by atoms with E-state index in [2.05, 4.69) is 17.2 Å². The monoisotopic (exact) mass is 210 g/mol. The minimum absolute atomic E-state index is 0.120. The number of nitrogens with one attached hydrogen (secondary N) is 1. The number of ether oxygens (including phenoxy) is 1. The van der Waals surface area contributed by atoms with Crippen molar-refractivity contribution < 1.29 is 9.15 Å². The average Bonchev–Trinajstić information content (AvgIpc) is 2.75. The van der Waals surface area contributed by atoms with E-state index in [1.54, 1.807) is 0 Å². The first-order chi connectivity index (χ1) is 7.42. The number of nitrogens with zero attached hydrogens (tertiary/aromatic N) is 1. The predicted octanol–water partition coefficient (Wildman–Crippen LogP) is 2.03. The Morgan fingerprint density at radius 3 is 3.20 bits per heavy atom. The van der Waals surface area contributed by atoms with Crippen LogP contribution >= 0.6 is 0 Å². The second-order valence-corrected chi connectivity index (χ2v) is 3.80. The van der Waals surface area contributed by atoms with Gasteiger partial charge in [0.25, 0.3) is 0 Å². The molecule has 1 fully saturated rings. The maximum Gasteiger partial charge on any atom is 0.181 e. The van der Waals surface area contributed by atoms with E-state index in [-0.39, 0.29) is 6.10 Å². The summed E-state index contributed by atoms with van der Waals surface area (Å²) >= 11 is 0. The van der Waals surface area contributed by atoms with Gasteiger partial charge in [-0.05, 0) is 25.8 Å². The Labute approximate surface area is 90.0 Å². The molecule has 1 aromatic rings. The zero-order valence-corrected chi connectivity index (χ0v) is 9.16. The zero-order valence-electron chi connectivity index (χ0n) is 9.16. The Balaban J connectivity index is 2.02. The molecular formula is C11H18N2O2. The van der Waals surface area contributed by atoms with Crippen LogP contribution in [0.5, 0.6) is 0 Å². The molecule has 0 radical (unpaired) electrons. The second kappa shape index (κ2) is 5.28. The number of oxazole rings is 1. The predicted molar refractivity (Wildman–Crippen MR) is 56.4 cm³/mol. The van der Waals surface area contributed by atoms with Crippen LogP contribution in [0.1, 0.15) is 43.7 Å². The van der Waals surface area contributed by atoms with E-state index in [1.807, 2.05) is 0 Å². The standard InChI is InChI=1S/C11H18N2O2/c1-2-12-7-9-11(15-8-13-9)10-5-3-4-6-14-10/h8,10,12H,2-7H2,1H3. The summed E-state index contributed by atoms with van der Waals surface area (Å²) in [5.74, 6) is 0.913. The molecule has 4 heteroatoms. The first kappa shape index (κ1) is 10.6. The van der Waals surface area contributed by atoms with Crippen LogP contribution in [0, 0.1) is 0 Å². The van der Waals surface area contributed by atoms with Crippen LogP contribution in [0.3, 0.4) is 0 Å². The first-order valence-corrected chi connectivity index (χ1v) is 5.66. The van der Waals surface area contributed by atoms with Crippen molar-refractivity contribution in [2.24, 2.45) is 0 Å². The largest absolute Gasteiger partial charge is 0.445 e. The van der Waals surface area contributed by atoms with E-state index >= 15 is 0 Å². The van der Waals surface area contributed by atoms with Crippen LogP contribution in [-0.2, 0) is 11.3 Å². The van der Waals surface area contributed by atoms with Crippen LogP contribution in [0.15, 0.2) is 10.8 Å². The molecule has 2 heterocycles. The van der Waals surface area contributed by atoms with Crippen molar-refractivity contribution in [2.45, 2.75) is 38.8 Å². The lowest BCUT2D eigenvalue weighted by Crippen LogP contribution is -2.17. The molecule has 0 saturated carbocycles. The van der Waals surface area contributed by atoms with Gasteiger partial charge in [0.15, 0.2) is 12.2 Å². The zero-order chi connectivity index (χ0) is 10.5. The molecule has 1 aliphatic heterocycles. The van der Waals surface area contributed by atoms with Crippen molar-refractivity contribution in [3.63, 3.8) is 0 Å². The Hall–Kier alpha value is -0.870. The lowest BCUT2D eigenvalue weighted by molar-refractivity contribution is 0.00113. The van der Waals surface area contributed by atoms with Crippen molar-refractivity contribution in [3.05, 3.63) is 17.8 Å². The van der Waals surface area contributed by atoms with Crippen molar-refractivity contribution >= 4 is 0 Å². The molecule has 1 atom stereocenters. The molecular weight excluding hydrogens is 192 g/mol. The molecule has 0 aromatic carbocycles. The average molecular weight is 210 g/mol. The molecule has 0 bridgehead atoms. The maximum absolute atomic E-state index is 5.68. The molecule has 15 heavy (non-hydrogen) atoms. The minimum atomic E-state index is 0.120. The topological polar surface area (TPSA) is 47.3 Å². The number of rotatable bonds is 4. The Bertz CT molecular complexity index is 293. The van der Waals surface area contributed by atoms with Gasteiger partial charge in [-0.3, -0.25) is 0 Å². The van der Waals surface area contributed by atoms with Crippen LogP contribution in [0.25, 0.3) is 0 Å². The highest BCUT2D eigenvalue weighted by Crippen LogP contribution is 2.29. The van der Waals surface area contributed by atoms with E-state index in [0.717, 1.165) is 44.0 Å². The molecule has 1 saturated heterocycles. The Kier molecular flexibility index (Phi) is 3.75. The quantitative estimate of drug-likeness (QED) is 0.826. The smallest absolute Gasteiger partial charge is 0.181 e. The van der Waals surface area contributed by atoms with E-state index in [1.165, 1.54) is 12.8 Å². The molecule has 1 aromatic heterocycles. The van der Waals surface area contributed by atoms with Gasteiger partial charge in [0.2, 0.25) is 0 Å². The van der Waals surface area contributed by atoms with Gasteiger partial charge in [0.1, 0.15) is 6.10 Å². The van der Waals surface area contributed by atoms with Gasteiger partial charge >= 0.3 is 0 Å². The fourth-order valence-electron chi connectivity index (χ4n) is 1.86. The third-order valence-corrected chi connectivity index (χ3v) is 2.69. The van der Waals surface area contributed by atoms with Gasteiger partial charge in [-0.2, -0.15) is 0 Å². The molecule has 1 N–H and O–H groups in total. The number of hydrogen-bond donors (Lipinski definition) is 1. The van der Waals surface area contributed by atoms with Gasteiger partial charge in [-0.1, -0.05) is 6.92 Å². The highest BCUT2D eigenvalue weighted by molar-refractivity contribution is 5.10. The van der Waals surface area contributed by atoms with Gasteiger partial charge in [0, 0.05) is 13.2 Å². The maximum atomic E-state index is 5.68. The van der Waals surface area contributed by atoms with E-state index in [4.69, 9.17) is 9.15 Å². The van der Waals surface area contributed by atoms with Crippen molar-refractivity contribution in [1.29, 1.82) is 0 Å². The number of hydrogen-bond acceptors (Lipinski definition) is 4.